The number of allylic oxidation sites excluding steroid dienone is 8. The highest BCUT2D eigenvalue weighted by Crippen LogP contribution is 2.28. The molecule has 0 spiro atoms. The van der Waals surface area contributed by atoms with Gasteiger partial charge < -0.3 is 0 Å². The number of rotatable bonds is 2. The van der Waals surface area contributed by atoms with E-state index in [9.17, 15) is 0 Å². The van der Waals surface area contributed by atoms with Crippen LogP contribution in [0.3, 0.4) is 0 Å². The summed E-state index contributed by atoms with van der Waals surface area (Å²) in [6.07, 6.45) is 26.4. The molecule has 0 atom stereocenters. The van der Waals surface area contributed by atoms with Crippen molar-refractivity contribution in [2.75, 3.05) is 0 Å². The molecule has 110 valence electrons. The van der Waals surface area contributed by atoms with Crippen molar-refractivity contribution in [3.63, 3.8) is 0 Å². The molecule has 0 heteroatoms. The lowest BCUT2D eigenvalue weighted by Crippen LogP contribution is -1.93. The third kappa shape index (κ3) is 5.15. The van der Waals surface area contributed by atoms with Gasteiger partial charge >= 0.3 is 0 Å². The molecule has 0 fully saturated rings. The van der Waals surface area contributed by atoms with E-state index in [2.05, 4.69) is 37.3 Å². The summed E-state index contributed by atoms with van der Waals surface area (Å²) in [6.45, 7) is 2.29. The topological polar surface area (TPSA) is 0 Å². The van der Waals surface area contributed by atoms with Gasteiger partial charge in [-0.25, -0.2) is 0 Å². The van der Waals surface area contributed by atoms with Crippen molar-refractivity contribution in [3.8, 4) is 0 Å². The van der Waals surface area contributed by atoms with E-state index in [1.165, 1.54) is 70.6 Å². The highest BCUT2D eigenvalue weighted by molar-refractivity contribution is 5.39. The summed E-state index contributed by atoms with van der Waals surface area (Å²) in [5, 5.41) is 0. The predicted molar refractivity (Wildman–Crippen MR) is 89.9 cm³/mol. The van der Waals surface area contributed by atoms with Gasteiger partial charge in [0.2, 0.25) is 0 Å². The van der Waals surface area contributed by atoms with Crippen molar-refractivity contribution in [2.24, 2.45) is 0 Å². The normalized spacial score (nSPS) is 22.1. The molecule has 0 saturated carbocycles. The Balaban J connectivity index is 2.20. The first-order valence-electron chi connectivity index (χ1n) is 8.66. The van der Waals surface area contributed by atoms with E-state index in [1.54, 1.807) is 16.7 Å². The first-order valence-corrected chi connectivity index (χ1v) is 8.66. The lowest BCUT2D eigenvalue weighted by atomic mass is 9.93. The van der Waals surface area contributed by atoms with Crippen molar-refractivity contribution in [1.82, 2.24) is 0 Å². The SMILES string of the molecule is CCC1=CCCCCCC(C2=CC=CCCCCC2)=C1. The van der Waals surface area contributed by atoms with Crippen LogP contribution < -0.4 is 0 Å². The van der Waals surface area contributed by atoms with Gasteiger partial charge in [-0.05, 0) is 68.9 Å². The van der Waals surface area contributed by atoms with Crippen molar-refractivity contribution < 1.29 is 0 Å². The molecule has 0 bridgehead atoms. The average Bonchev–Trinajstić information content (AvgIpc) is 2.68. The van der Waals surface area contributed by atoms with E-state index in [0.717, 1.165) is 0 Å². The van der Waals surface area contributed by atoms with Gasteiger partial charge in [-0.1, -0.05) is 55.7 Å². The van der Waals surface area contributed by atoms with Crippen LogP contribution in [0, 0.1) is 0 Å². The van der Waals surface area contributed by atoms with Crippen molar-refractivity contribution in [3.05, 3.63) is 47.1 Å². The standard InChI is InChI=1S/C20H30/c1-2-18-13-9-7-8-12-16-20(17-18)19-14-10-5-3-4-6-11-15-19/h5,10,13-14,17H,2-4,6-9,11-12,15-16H2,1H3. The second-order valence-electron chi connectivity index (χ2n) is 6.12. The van der Waals surface area contributed by atoms with Crippen molar-refractivity contribution >= 4 is 0 Å². The second-order valence-corrected chi connectivity index (χ2v) is 6.12. The summed E-state index contributed by atoms with van der Waals surface area (Å²) < 4.78 is 0. The van der Waals surface area contributed by atoms with E-state index >= 15 is 0 Å². The second kappa shape index (κ2) is 9.00. The third-order valence-corrected chi connectivity index (χ3v) is 4.49. The smallest absolute Gasteiger partial charge is 0.0276 e. The quantitative estimate of drug-likeness (QED) is 0.526. The minimum absolute atomic E-state index is 1.17. The molecule has 0 nitrogen and oxygen atoms in total. The first-order chi connectivity index (χ1) is 9.90. The fraction of sp³-hybridized carbons (Fsp3) is 0.600. The van der Waals surface area contributed by atoms with Gasteiger partial charge in [0.05, 0.1) is 0 Å². The van der Waals surface area contributed by atoms with Crippen molar-refractivity contribution in [1.29, 1.82) is 0 Å². The first kappa shape index (κ1) is 15.4. The highest BCUT2D eigenvalue weighted by atomic mass is 14.1. The minimum Gasteiger partial charge on any atom is -0.0845 e. The fourth-order valence-corrected chi connectivity index (χ4v) is 3.16. The van der Waals surface area contributed by atoms with Crippen LogP contribution in [0.1, 0.15) is 77.6 Å². The zero-order valence-corrected chi connectivity index (χ0v) is 13.2. The van der Waals surface area contributed by atoms with Crippen LogP contribution in [0.2, 0.25) is 0 Å². The summed E-state index contributed by atoms with van der Waals surface area (Å²) in [6, 6.07) is 0. The maximum absolute atomic E-state index is 2.50. The van der Waals surface area contributed by atoms with Crippen LogP contribution in [0.5, 0.6) is 0 Å². The van der Waals surface area contributed by atoms with Crippen LogP contribution in [-0.2, 0) is 0 Å². The number of hydrogen-bond acceptors (Lipinski definition) is 0. The van der Waals surface area contributed by atoms with Crippen LogP contribution in [0.25, 0.3) is 0 Å². The Bertz CT molecular complexity index is 404. The van der Waals surface area contributed by atoms with E-state index < -0.39 is 0 Å². The molecule has 0 radical (unpaired) electrons. The van der Waals surface area contributed by atoms with Crippen LogP contribution in [0.4, 0.5) is 0 Å². The molecular weight excluding hydrogens is 240 g/mol. The average molecular weight is 270 g/mol. The van der Waals surface area contributed by atoms with E-state index in [-0.39, 0.29) is 0 Å². The van der Waals surface area contributed by atoms with Crippen LogP contribution >= 0.6 is 0 Å². The minimum atomic E-state index is 1.17. The molecule has 0 heterocycles. The molecule has 0 amide bonds. The Morgan fingerprint density at radius 2 is 1.60 bits per heavy atom. The molecule has 0 aromatic rings. The Hall–Kier alpha value is -1.04. The summed E-state index contributed by atoms with van der Waals surface area (Å²) in [7, 11) is 0. The molecule has 0 aliphatic heterocycles. The molecule has 0 N–H and O–H groups in total. The zero-order valence-electron chi connectivity index (χ0n) is 13.2. The summed E-state index contributed by atoms with van der Waals surface area (Å²) in [5.41, 5.74) is 4.77. The van der Waals surface area contributed by atoms with Gasteiger partial charge in [-0.15, -0.1) is 0 Å². The molecular formula is C20H30. The van der Waals surface area contributed by atoms with Gasteiger partial charge in [0.15, 0.2) is 0 Å². The number of hydrogen-bond donors (Lipinski definition) is 0. The Labute approximate surface area is 125 Å². The monoisotopic (exact) mass is 270 g/mol. The zero-order chi connectivity index (χ0) is 14.0. The maximum Gasteiger partial charge on any atom is -0.0276 e. The van der Waals surface area contributed by atoms with Gasteiger partial charge in [-0.2, -0.15) is 0 Å². The lowest BCUT2D eigenvalue weighted by Gasteiger charge is -2.12. The van der Waals surface area contributed by atoms with Crippen LogP contribution in [-0.4, -0.2) is 0 Å². The molecule has 0 aromatic heterocycles. The van der Waals surface area contributed by atoms with Gasteiger partial charge in [0.1, 0.15) is 0 Å². The summed E-state index contributed by atoms with van der Waals surface area (Å²) in [4.78, 5) is 0. The van der Waals surface area contributed by atoms with Crippen LogP contribution in [0.15, 0.2) is 47.1 Å². The van der Waals surface area contributed by atoms with E-state index in [1.807, 2.05) is 0 Å². The highest BCUT2D eigenvalue weighted by Gasteiger charge is 2.08. The Morgan fingerprint density at radius 3 is 2.40 bits per heavy atom. The molecule has 0 aromatic carbocycles. The molecule has 2 rings (SSSR count). The molecule has 20 heavy (non-hydrogen) atoms. The fourth-order valence-electron chi connectivity index (χ4n) is 3.16. The summed E-state index contributed by atoms with van der Waals surface area (Å²) in [5.74, 6) is 0. The van der Waals surface area contributed by atoms with Gasteiger partial charge in [0.25, 0.3) is 0 Å². The van der Waals surface area contributed by atoms with Gasteiger partial charge in [0, 0.05) is 0 Å². The molecule has 2 aliphatic carbocycles. The summed E-state index contributed by atoms with van der Waals surface area (Å²) >= 11 is 0. The van der Waals surface area contributed by atoms with Gasteiger partial charge in [-0.3, -0.25) is 0 Å². The van der Waals surface area contributed by atoms with E-state index in [0.29, 0.717) is 0 Å². The molecule has 0 saturated heterocycles. The largest absolute Gasteiger partial charge is 0.0845 e. The molecule has 0 unspecified atom stereocenters. The third-order valence-electron chi connectivity index (χ3n) is 4.49. The maximum atomic E-state index is 2.50. The Morgan fingerprint density at radius 1 is 0.850 bits per heavy atom. The molecule has 2 aliphatic rings. The predicted octanol–water partition coefficient (Wildman–Crippen LogP) is 6.66. The van der Waals surface area contributed by atoms with Crippen molar-refractivity contribution in [2.45, 2.75) is 77.6 Å². The van der Waals surface area contributed by atoms with E-state index in [4.69, 9.17) is 0 Å². The lowest BCUT2D eigenvalue weighted by molar-refractivity contribution is 0.669. The Kier molecular flexibility index (Phi) is 6.91.